The van der Waals surface area contributed by atoms with Crippen LogP contribution < -0.4 is 11.1 Å². The number of hydrogen-bond acceptors (Lipinski definition) is 3. The fraction of sp³-hybridized carbons (Fsp3) is 0.357. The lowest BCUT2D eigenvalue weighted by atomic mass is 10.1. The monoisotopic (exact) mass is 438 g/mol. The number of hydrogen-bond donors (Lipinski definition) is 3. The molecule has 0 bridgehead atoms. The van der Waals surface area contributed by atoms with Gasteiger partial charge in [-0.15, -0.1) is 0 Å². The molecular formula is C14H16ClIN2O4. The number of carbonyl (C=O) groups excluding carboxylic acids is 2. The van der Waals surface area contributed by atoms with E-state index in [0.717, 1.165) is 0 Å². The first kappa shape index (κ1) is 18.7. The van der Waals surface area contributed by atoms with Gasteiger partial charge in [-0.05, 0) is 24.5 Å². The number of nitrogens with one attached hydrogen (secondary N) is 1. The summed E-state index contributed by atoms with van der Waals surface area (Å²) in [6, 6.07) is 3.32. The zero-order chi connectivity index (χ0) is 16.7. The molecule has 4 N–H and O–H groups in total. The Morgan fingerprint density at radius 2 is 1.86 bits per heavy atom. The van der Waals surface area contributed by atoms with E-state index in [4.69, 9.17) is 22.4 Å². The number of halogens is 2. The highest BCUT2D eigenvalue weighted by atomic mass is 127. The zero-order valence-corrected chi connectivity index (χ0v) is 14.6. The highest BCUT2D eigenvalue weighted by Gasteiger charge is 2.17. The summed E-state index contributed by atoms with van der Waals surface area (Å²) in [7, 11) is 0. The molecule has 0 unspecified atom stereocenters. The van der Waals surface area contributed by atoms with Crippen LogP contribution in [0.3, 0.4) is 0 Å². The van der Waals surface area contributed by atoms with Crippen LogP contribution in [-0.4, -0.2) is 22.9 Å². The Bertz CT molecular complexity index is 592. The second kappa shape index (κ2) is 8.94. The number of anilines is 1. The maximum atomic E-state index is 11.8. The normalized spacial score (nSPS) is 10.3. The van der Waals surface area contributed by atoms with Crippen LogP contribution in [0.1, 0.15) is 41.6 Å². The van der Waals surface area contributed by atoms with Crippen molar-refractivity contribution in [1.82, 2.24) is 0 Å². The molecule has 120 valence electrons. The van der Waals surface area contributed by atoms with Crippen molar-refractivity contribution in [2.75, 3.05) is 5.32 Å². The lowest BCUT2D eigenvalue weighted by Crippen LogP contribution is -2.17. The van der Waals surface area contributed by atoms with Gasteiger partial charge in [-0.2, -0.15) is 0 Å². The van der Waals surface area contributed by atoms with Gasteiger partial charge in [0.1, 0.15) is 0 Å². The van der Waals surface area contributed by atoms with E-state index in [0.29, 0.717) is 28.5 Å². The summed E-state index contributed by atoms with van der Waals surface area (Å²) in [5.74, 6) is -1.82. The van der Waals surface area contributed by atoms with Crippen LogP contribution >= 0.6 is 34.2 Å². The van der Waals surface area contributed by atoms with Crippen LogP contribution in [-0.2, 0) is 14.0 Å². The average molecular weight is 439 g/mol. The number of carboxylic acids is 1. The topological polar surface area (TPSA) is 109 Å². The molecule has 1 rings (SSSR count). The minimum Gasteiger partial charge on any atom is -0.481 e. The fourth-order valence-corrected chi connectivity index (χ4v) is 2.83. The van der Waals surface area contributed by atoms with E-state index in [1.54, 1.807) is 12.1 Å². The summed E-state index contributed by atoms with van der Waals surface area (Å²) < 4.78 is 0.569. The van der Waals surface area contributed by atoms with Crippen LogP contribution in [0.15, 0.2) is 12.1 Å². The first-order chi connectivity index (χ1) is 10.4. The number of alkyl halides is 1. The zero-order valence-electron chi connectivity index (χ0n) is 11.7. The van der Waals surface area contributed by atoms with Crippen LogP contribution in [0.25, 0.3) is 0 Å². The molecule has 2 amide bonds. The molecule has 8 heteroatoms. The van der Waals surface area contributed by atoms with E-state index < -0.39 is 11.9 Å². The van der Waals surface area contributed by atoms with Crippen molar-refractivity contribution in [3.8, 4) is 0 Å². The number of unbranched alkanes of at least 4 members (excludes halogenated alkanes) is 1. The van der Waals surface area contributed by atoms with Gasteiger partial charge >= 0.3 is 5.97 Å². The van der Waals surface area contributed by atoms with Crippen molar-refractivity contribution < 1.29 is 19.5 Å². The second-order valence-electron chi connectivity index (χ2n) is 4.61. The Balaban J connectivity index is 2.73. The number of nitrogens with two attached hydrogens (primary N) is 1. The lowest BCUT2D eigenvalue weighted by Gasteiger charge is -2.12. The Kier molecular flexibility index (Phi) is 7.60. The minimum absolute atomic E-state index is 0.0320. The highest BCUT2D eigenvalue weighted by Crippen LogP contribution is 2.30. The minimum atomic E-state index is -0.885. The maximum Gasteiger partial charge on any atom is 0.303 e. The van der Waals surface area contributed by atoms with Crippen LogP contribution in [0.5, 0.6) is 0 Å². The summed E-state index contributed by atoms with van der Waals surface area (Å²) in [5.41, 5.74) is 6.56. The van der Waals surface area contributed by atoms with Crippen LogP contribution in [0.2, 0.25) is 5.02 Å². The molecule has 0 aliphatic rings. The molecule has 0 atom stereocenters. The van der Waals surface area contributed by atoms with Gasteiger partial charge in [0.15, 0.2) is 0 Å². The molecule has 6 nitrogen and oxygen atoms in total. The number of carboxylic acid groups (broad SMARTS) is 1. The lowest BCUT2D eigenvalue weighted by molar-refractivity contribution is -0.137. The van der Waals surface area contributed by atoms with E-state index in [1.165, 1.54) is 0 Å². The summed E-state index contributed by atoms with van der Waals surface area (Å²) in [6.45, 7) is 0. The molecule has 0 saturated carbocycles. The number of rotatable bonds is 8. The summed E-state index contributed by atoms with van der Waals surface area (Å²) in [4.78, 5) is 33.7. The predicted octanol–water partition coefficient (Wildman–Crippen LogP) is 2.96. The summed E-state index contributed by atoms with van der Waals surface area (Å²) in [6.07, 6.45) is 1.11. The molecule has 0 spiro atoms. The van der Waals surface area contributed by atoms with Gasteiger partial charge in [-0.3, -0.25) is 14.4 Å². The third-order valence-electron chi connectivity index (χ3n) is 2.94. The molecule has 1 aromatic carbocycles. The van der Waals surface area contributed by atoms with Crippen LogP contribution in [0.4, 0.5) is 5.69 Å². The average Bonchev–Trinajstić information content (AvgIpc) is 2.44. The largest absolute Gasteiger partial charge is 0.481 e. The van der Waals surface area contributed by atoms with Gasteiger partial charge in [-0.25, -0.2) is 0 Å². The number of primary amides is 1. The quantitative estimate of drug-likeness (QED) is 0.329. The molecule has 0 aliphatic heterocycles. The summed E-state index contributed by atoms with van der Waals surface area (Å²) >= 11 is 8.23. The Hall–Kier alpha value is -1.35. The van der Waals surface area contributed by atoms with E-state index in [-0.39, 0.29) is 29.3 Å². The molecule has 0 heterocycles. The number of carbonyl (C=O) groups is 3. The van der Waals surface area contributed by atoms with Crippen LogP contribution in [0, 0.1) is 0 Å². The molecule has 22 heavy (non-hydrogen) atoms. The van der Waals surface area contributed by atoms with E-state index in [9.17, 15) is 14.4 Å². The standard InChI is InChI=1S/C14H16ClIN2O4/c15-13-9(6-5-8(7-16)12(13)14(17)22)18-10(19)3-1-2-4-11(20)21/h5-6H,1-4,7H2,(H2,17,22)(H,18,19)(H,20,21). The van der Waals surface area contributed by atoms with Crippen molar-refractivity contribution in [2.24, 2.45) is 5.73 Å². The first-order valence-corrected chi connectivity index (χ1v) is 8.46. The number of amides is 2. The Morgan fingerprint density at radius 1 is 1.23 bits per heavy atom. The van der Waals surface area contributed by atoms with Gasteiger partial charge in [0.05, 0.1) is 16.3 Å². The van der Waals surface area contributed by atoms with Gasteiger partial charge in [0, 0.05) is 17.3 Å². The molecule has 0 radical (unpaired) electrons. The third kappa shape index (κ3) is 5.45. The van der Waals surface area contributed by atoms with Crippen molar-refractivity contribution in [3.63, 3.8) is 0 Å². The smallest absolute Gasteiger partial charge is 0.303 e. The Morgan fingerprint density at radius 3 is 2.41 bits per heavy atom. The van der Waals surface area contributed by atoms with Gasteiger partial charge in [0.25, 0.3) is 5.91 Å². The van der Waals surface area contributed by atoms with Gasteiger partial charge in [-0.1, -0.05) is 40.3 Å². The van der Waals surface area contributed by atoms with Gasteiger partial charge in [0.2, 0.25) is 5.91 Å². The SMILES string of the molecule is NC(=O)c1c(CI)ccc(NC(=O)CCCCC(=O)O)c1Cl. The first-order valence-electron chi connectivity index (χ1n) is 6.55. The summed E-state index contributed by atoms with van der Waals surface area (Å²) in [5, 5.41) is 11.3. The van der Waals surface area contributed by atoms with Crippen molar-refractivity contribution in [2.45, 2.75) is 30.1 Å². The Labute approximate surface area is 146 Å². The van der Waals surface area contributed by atoms with Crippen molar-refractivity contribution in [3.05, 3.63) is 28.3 Å². The van der Waals surface area contributed by atoms with Crippen molar-refractivity contribution >= 4 is 57.7 Å². The molecule has 0 aliphatic carbocycles. The fourth-order valence-electron chi connectivity index (χ4n) is 1.86. The maximum absolute atomic E-state index is 11.8. The van der Waals surface area contributed by atoms with E-state index in [2.05, 4.69) is 27.9 Å². The van der Waals surface area contributed by atoms with E-state index in [1.807, 2.05) is 0 Å². The molecule has 0 saturated heterocycles. The van der Waals surface area contributed by atoms with Gasteiger partial charge < -0.3 is 16.2 Å². The predicted molar refractivity (Wildman–Crippen MR) is 92.4 cm³/mol. The van der Waals surface area contributed by atoms with E-state index >= 15 is 0 Å². The molecule has 1 aromatic rings. The molecule has 0 aromatic heterocycles. The highest BCUT2D eigenvalue weighted by molar-refractivity contribution is 14.1. The van der Waals surface area contributed by atoms with Crippen molar-refractivity contribution in [1.29, 1.82) is 0 Å². The second-order valence-corrected chi connectivity index (χ2v) is 5.75. The molecular weight excluding hydrogens is 423 g/mol. The molecule has 0 fully saturated rings. The third-order valence-corrected chi connectivity index (χ3v) is 4.15. The number of aliphatic carboxylic acids is 1. The number of benzene rings is 1.